The molecule has 3 nitrogen and oxygen atoms in total. The van der Waals surface area contributed by atoms with Gasteiger partial charge in [0.1, 0.15) is 5.82 Å². The summed E-state index contributed by atoms with van der Waals surface area (Å²) < 4.78 is 0. The summed E-state index contributed by atoms with van der Waals surface area (Å²) in [7, 11) is 0. The molecule has 6 aromatic rings. The molecule has 0 spiro atoms. The lowest BCUT2D eigenvalue weighted by Crippen LogP contribution is -2.15. The quantitative estimate of drug-likeness (QED) is 0.220. The van der Waals surface area contributed by atoms with Crippen LogP contribution in [0.2, 0.25) is 0 Å². The highest BCUT2D eigenvalue weighted by Gasteiger charge is 2.21. The van der Waals surface area contributed by atoms with Crippen LogP contribution in [0.4, 0.5) is 17.2 Å². The number of pyridine rings is 2. The third kappa shape index (κ3) is 5.14. The van der Waals surface area contributed by atoms with Gasteiger partial charge in [0.25, 0.3) is 0 Å². The standard InChI is InChI=1S/C37H31N3/c1-26-21-27(2)37(28(3)22-26)40(36-19-12-18-35(39-36)34-17-10-11-20-38-34)33-24-31(29-13-6-4-7-14-29)23-32(25-33)30-15-8-5-9-16-30/h4-25H,1-3H3. The third-order valence-corrected chi connectivity index (χ3v) is 7.14. The number of aromatic nitrogens is 2. The van der Waals surface area contributed by atoms with E-state index in [1.54, 1.807) is 0 Å². The minimum atomic E-state index is 0.841. The molecular weight excluding hydrogens is 486 g/mol. The molecule has 40 heavy (non-hydrogen) atoms. The Balaban J connectivity index is 1.62. The Morgan fingerprint density at radius 2 is 1.07 bits per heavy atom. The topological polar surface area (TPSA) is 29.0 Å². The second kappa shape index (κ2) is 11.0. The second-order valence-corrected chi connectivity index (χ2v) is 10.2. The van der Waals surface area contributed by atoms with Gasteiger partial charge in [-0.1, -0.05) is 90.5 Å². The van der Waals surface area contributed by atoms with Crippen LogP contribution < -0.4 is 4.90 Å². The van der Waals surface area contributed by atoms with Crippen LogP contribution in [-0.4, -0.2) is 9.97 Å². The summed E-state index contributed by atoms with van der Waals surface area (Å²) in [6.45, 7) is 6.52. The minimum absolute atomic E-state index is 0.841. The fraction of sp³-hybridized carbons (Fsp3) is 0.0811. The lowest BCUT2D eigenvalue weighted by molar-refractivity contribution is 1.14. The predicted molar refractivity (Wildman–Crippen MR) is 167 cm³/mol. The van der Waals surface area contributed by atoms with Gasteiger partial charge in [-0.2, -0.15) is 0 Å². The fourth-order valence-electron chi connectivity index (χ4n) is 5.44. The summed E-state index contributed by atoms with van der Waals surface area (Å²) in [4.78, 5) is 12.0. The highest BCUT2D eigenvalue weighted by Crippen LogP contribution is 2.42. The average Bonchev–Trinajstić information content (AvgIpc) is 3.00. The van der Waals surface area contributed by atoms with Crippen LogP contribution in [0, 0.1) is 20.8 Å². The Morgan fingerprint density at radius 1 is 0.500 bits per heavy atom. The molecule has 6 rings (SSSR count). The minimum Gasteiger partial charge on any atom is -0.294 e. The van der Waals surface area contributed by atoms with Gasteiger partial charge in [0, 0.05) is 11.9 Å². The summed E-state index contributed by atoms with van der Waals surface area (Å²) in [6.07, 6.45) is 1.81. The van der Waals surface area contributed by atoms with Crippen LogP contribution in [0.3, 0.4) is 0 Å². The Hall–Kier alpha value is -5.02. The van der Waals surface area contributed by atoms with Gasteiger partial charge < -0.3 is 0 Å². The number of anilines is 3. The summed E-state index contributed by atoms with van der Waals surface area (Å²) >= 11 is 0. The van der Waals surface area contributed by atoms with Crippen molar-refractivity contribution in [1.82, 2.24) is 9.97 Å². The van der Waals surface area contributed by atoms with Crippen LogP contribution in [0.1, 0.15) is 16.7 Å². The normalized spacial score (nSPS) is 10.9. The molecule has 0 aliphatic heterocycles. The first-order valence-electron chi connectivity index (χ1n) is 13.6. The predicted octanol–water partition coefficient (Wildman–Crippen LogP) is 9.87. The van der Waals surface area contributed by atoms with E-state index >= 15 is 0 Å². The average molecular weight is 518 g/mol. The highest BCUT2D eigenvalue weighted by atomic mass is 15.2. The first-order valence-corrected chi connectivity index (χ1v) is 13.6. The van der Waals surface area contributed by atoms with Gasteiger partial charge in [0.05, 0.1) is 17.1 Å². The van der Waals surface area contributed by atoms with Crippen LogP contribution in [0.5, 0.6) is 0 Å². The number of aryl methyl sites for hydroxylation is 3. The zero-order valence-electron chi connectivity index (χ0n) is 23.0. The molecule has 0 saturated heterocycles. The molecule has 0 fully saturated rings. The van der Waals surface area contributed by atoms with E-state index in [9.17, 15) is 0 Å². The molecule has 0 unspecified atom stereocenters. The maximum Gasteiger partial charge on any atom is 0.138 e. The SMILES string of the molecule is Cc1cc(C)c(N(c2cc(-c3ccccc3)cc(-c3ccccc3)c2)c2cccc(-c3ccccn3)n2)c(C)c1. The third-order valence-electron chi connectivity index (χ3n) is 7.14. The Kier molecular flexibility index (Phi) is 6.95. The largest absolute Gasteiger partial charge is 0.294 e. The molecule has 2 aromatic heterocycles. The van der Waals surface area contributed by atoms with E-state index in [0.717, 1.165) is 39.7 Å². The number of rotatable bonds is 6. The molecule has 2 heterocycles. The van der Waals surface area contributed by atoms with Crippen LogP contribution in [-0.2, 0) is 0 Å². The molecule has 0 atom stereocenters. The smallest absolute Gasteiger partial charge is 0.138 e. The number of benzene rings is 4. The zero-order chi connectivity index (χ0) is 27.5. The van der Waals surface area contributed by atoms with Crippen molar-refractivity contribution >= 4 is 17.2 Å². The lowest BCUT2D eigenvalue weighted by atomic mass is 9.96. The number of hydrogen-bond acceptors (Lipinski definition) is 3. The zero-order valence-corrected chi connectivity index (χ0v) is 23.0. The van der Waals surface area contributed by atoms with E-state index in [1.165, 1.54) is 27.8 Å². The van der Waals surface area contributed by atoms with Gasteiger partial charge in [0.2, 0.25) is 0 Å². The van der Waals surface area contributed by atoms with Crippen molar-refractivity contribution in [3.8, 4) is 33.6 Å². The first kappa shape index (κ1) is 25.3. The molecule has 194 valence electrons. The van der Waals surface area contributed by atoms with Gasteiger partial charge in [-0.3, -0.25) is 9.88 Å². The monoisotopic (exact) mass is 517 g/mol. The molecule has 0 radical (unpaired) electrons. The van der Waals surface area contributed by atoms with E-state index in [2.05, 4.69) is 134 Å². The Labute approximate surface area is 236 Å². The van der Waals surface area contributed by atoms with Crippen molar-refractivity contribution in [1.29, 1.82) is 0 Å². The maximum atomic E-state index is 5.17. The fourth-order valence-corrected chi connectivity index (χ4v) is 5.44. The molecule has 0 aliphatic carbocycles. The molecule has 0 saturated carbocycles. The maximum absolute atomic E-state index is 5.17. The molecule has 4 aromatic carbocycles. The molecule has 0 bridgehead atoms. The van der Waals surface area contributed by atoms with E-state index in [-0.39, 0.29) is 0 Å². The van der Waals surface area contributed by atoms with Gasteiger partial charge in [-0.05, 0) is 96.6 Å². The molecule has 3 heteroatoms. The van der Waals surface area contributed by atoms with Crippen molar-refractivity contribution in [3.05, 3.63) is 150 Å². The molecular formula is C37H31N3. The van der Waals surface area contributed by atoms with Crippen molar-refractivity contribution in [2.45, 2.75) is 20.8 Å². The summed E-state index contributed by atoms with van der Waals surface area (Å²) in [5.41, 5.74) is 12.2. The van der Waals surface area contributed by atoms with Gasteiger partial charge >= 0.3 is 0 Å². The van der Waals surface area contributed by atoms with E-state index < -0.39 is 0 Å². The lowest BCUT2D eigenvalue weighted by Gasteiger charge is -2.29. The first-order chi connectivity index (χ1) is 19.6. The second-order valence-electron chi connectivity index (χ2n) is 10.2. The summed E-state index contributed by atoms with van der Waals surface area (Å²) in [5, 5.41) is 0. The van der Waals surface area contributed by atoms with Crippen LogP contribution >= 0.6 is 0 Å². The Morgan fingerprint density at radius 3 is 1.65 bits per heavy atom. The van der Waals surface area contributed by atoms with Crippen molar-refractivity contribution in [2.75, 3.05) is 4.90 Å². The Bertz CT molecular complexity index is 1680. The van der Waals surface area contributed by atoms with E-state index in [1.807, 2.05) is 30.5 Å². The molecule has 0 N–H and O–H groups in total. The molecule has 0 aliphatic rings. The van der Waals surface area contributed by atoms with Crippen molar-refractivity contribution < 1.29 is 0 Å². The number of hydrogen-bond donors (Lipinski definition) is 0. The van der Waals surface area contributed by atoms with Crippen molar-refractivity contribution in [2.24, 2.45) is 0 Å². The van der Waals surface area contributed by atoms with E-state index in [4.69, 9.17) is 4.98 Å². The van der Waals surface area contributed by atoms with Crippen molar-refractivity contribution in [3.63, 3.8) is 0 Å². The van der Waals surface area contributed by atoms with Gasteiger partial charge in [0.15, 0.2) is 0 Å². The van der Waals surface area contributed by atoms with Crippen LogP contribution in [0.15, 0.2) is 134 Å². The summed E-state index contributed by atoms with van der Waals surface area (Å²) in [5.74, 6) is 0.849. The number of nitrogens with zero attached hydrogens (tertiary/aromatic N) is 3. The van der Waals surface area contributed by atoms with Gasteiger partial charge in [-0.25, -0.2) is 4.98 Å². The van der Waals surface area contributed by atoms with E-state index in [0.29, 0.717) is 0 Å². The highest BCUT2D eigenvalue weighted by molar-refractivity contribution is 5.86. The van der Waals surface area contributed by atoms with Gasteiger partial charge in [-0.15, -0.1) is 0 Å². The molecule has 0 amide bonds. The van der Waals surface area contributed by atoms with Crippen LogP contribution in [0.25, 0.3) is 33.6 Å². The summed E-state index contributed by atoms with van der Waals surface area (Å²) in [6, 6.07) is 44.6.